The van der Waals surface area contributed by atoms with Gasteiger partial charge in [-0.2, -0.15) is 0 Å². The number of anilines is 1. The Morgan fingerprint density at radius 2 is 1.82 bits per heavy atom. The van der Waals surface area contributed by atoms with Crippen LogP contribution in [0, 0.1) is 6.92 Å². The second kappa shape index (κ2) is 8.10. The van der Waals surface area contributed by atoms with Gasteiger partial charge in [0.2, 0.25) is 20.0 Å². The van der Waals surface area contributed by atoms with Crippen LogP contribution in [0.4, 0.5) is 5.69 Å². The zero-order valence-electron chi connectivity index (χ0n) is 15.9. The molecule has 1 fully saturated rings. The topological polar surface area (TPSA) is 92.8 Å². The quantitative estimate of drug-likeness (QED) is 0.769. The van der Waals surface area contributed by atoms with Crippen LogP contribution in [0.3, 0.4) is 0 Å². The van der Waals surface area contributed by atoms with Crippen LogP contribution in [0.25, 0.3) is 0 Å². The fourth-order valence-corrected chi connectivity index (χ4v) is 6.02. The fourth-order valence-electron chi connectivity index (χ4n) is 3.11. The van der Waals surface area contributed by atoms with E-state index in [1.54, 1.807) is 50.4 Å². The Bertz CT molecular complexity index is 1050. The summed E-state index contributed by atoms with van der Waals surface area (Å²) in [6.45, 7) is 2.18. The molecule has 0 saturated carbocycles. The largest absolute Gasteiger partial charge is 0.497 e. The van der Waals surface area contributed by atoms with Gasteiger partial charge < -0.3 is 4.74 Å². The molecule has 0 unspecified atom stereocenters. The molecular formula is C19H24N2O5S2. The summed E-state index contributed by atoms with van der Waals surface area (Å²) >= 11 is 0. The molecule has 0 radical (unpaired) electrons. The molecule has 28 heavy (non-hydrogen) atoms. The highest BCUT2D eigenvalue weighted by Gasteiger charge is 2.27. The Kier molecular flexibility index (Phi) is 5.97. The van der Waals surface area contributed by atoms with Crippen molar-refractivity contribution in [3.8, 4) is 5.75 Å². The van der Waals surface area contributed by atoms with Crippen molar-refractivity contribution in [2.45, 2.75) is 31.2 Å². The molecule has 1 aliphatic heterocycles. The maximum Gasteiger partial charge on any atom is 0.241 e. The van der Waals surface area contributed by atoms with Gasteiger partial charge in [0.05, 0.1) is 23.4 Å². The third kappa shape index (κ3) is 4.48. The van der Waals surface area contributed by atoms with Crippen molar-refractivity contribution >= 4 is 25.7 Å². The van der Waals surface area contributed by atoms with E-state index in [4.69, 9.17) is 4.74 Å². The number of methoxy groups -OCH3 is 1. The first-order valence-corrected chi connectivity index (χ1v) is 12.1. The predicted octanol–water partition coefficient (Wildman–Crippen LogP) is 2.41. The second-order valence-electron chi connectivity index (χ2n) is 6.72. The molecule has 1 heterocycles. The lowest BCUT2D eigenvalue weighted by Gasteiger charge is -2.28. The summed E-state index contributed by atoms with van der Waals surface area (Å²) in [5.41, 5.74) is 1.73. The summed E-state index contributed by atoms with van der Waals surface area (Å²) in [5, 5.41) is 0. The molecule has 2 aromatic rings. The number of nitrogens with zero attached hydrogens (tertiary/aromatic N) is 1. The standard InChI is InChI=1S/C19H24N2O5S2/c1-15-5-8-17(21-11-3-4-12-27(21,22)23)13-19(15)28(24,25)20-14-16-6-9-18(26-2)10-7-16/h5-10,13,20H,3-4,11-12,14H2,1-2H3. The minimum atomic E-state index is -3.81. The molecule has 0 aromatic heterocycles. The van der Waals surface area contributed by atoms with Crippen molar-refractivity contribution in [1.29, 1.82) is 0 Å². The molecule has 1 N–H and O–H groups in total. The molecule has 9 heteroatoms. The highest BCUT2D eigenvalue weighted by atomic mass is 32.2. The van der Waals surface area contributed by atoms with Crippen LogP contribution in [0.1, 0.15) is 24.0 Å². The lowest BCUT2D eigenvalue weighted by atomic mass is 10.2. The maximum absolute atomic E-state index is 12.8. The van der Waals surface area contributed by atoms with Crippen LogP contribution in [0.5, 0.6) is 5.75 Å². The molecule has 1 saturated heterocycles. The molecule has 0 amide bonds. The summed E-state index contributed by atoms with van der Waals surface area (Å²) in [6, 6.07) is 11.8. The first-order valence-electron chi connectivity index (χ1n) is 8.96. The molecule has 0 aliphatic carbocycles. The average molecular weight is 425 g/mol. The number of aryl methyl sites for hydroxylation is 1. The van der Waals surface area contributed by atoms with Gasteiger partial charge in [0, 0.05) is 13.1 Å². The van der Waals surface area contributed by atoms with E-state index in [2.05, 4.69) is 4.72 Å². The third-order valence-electron chi connectivity index (χ3n) is 4.72. The zero-order chi connectivity index (χ0) is 20.4. The van der Waals surface area contributed by atoms with Crippen molar-refractivity contribution in [1.82, 2.24) is 4.72 Å². The molecule has 7 nitrogen and oxygen atoms in total. The van der Waals surface area contributed by atoms with Crippen LogP contribution < -0.4 is 13.8 Å². The van der Waals surface area contributed by atoms with Gasteiger partial charge in [0.15, 0.2) is 0 Å². The van der Waals surface area contributed by atoms with E-state index in [0.717, 1.165) is 12.0 Å². The minimum Gasteiger partial charge on any atom is -0.497 e. The van der Waals surface area contributed by atoms with E-state index in [-0.39, 0.29) is 17.2 Å². The van der Waals surface area contributed by atoms with E-state index < -0.39 is 20.0 Å². The zero-order valence-corrected chi connectivity index (χ0v) is 17.5. The SMILES string of the molecule is COc1ccc(CNS(=O)(=O)c2cc(N3CCCCS3(=O)=O)ccc2C)cc1. The Morgan fingerprint density at radius 1 is 1.11 bits per heavy atom. The van der Waals surface area contributed by atoms with Gasteiger partial charge >= 0.3 is 0 Å². The molecule has 3 rings (SSSR count). The fraction of sp³-hybridized carbons (Fsp3) is 0.368. The minimum absolute atomic E-state index is 0.0820. The summed E-state index contributed by atoms with van der Waals surface area (Å²) in [6.07, 6.45) is 1.38. The first kappa shape index (κ1) is 20.6. The second-order valence-corrected chi connectivity index (χ2v) is 10.5. The monoisotopic (exact) mass is 424 g/mol. The van der Waals surface area contributed by atoms with Gasteiger partial charge in [-0.15, -0.1) is 0 Å². The molecule has 1 aliphatic rings. The highest BCUT2D eigenvalue weighted by Crippen LogP contribution is 2.28. The Morgan fingerprint density at radius 3 is 2.46 bits per heavy atom. The van der Waals surface area contributed by atoms with E-state index in [0.29, 0.717) is 30.0 Å². The number of hydrogen-bond donors (Lipinski definition) is 1. The van der Waals surface area contributed by atoms with Gasteiger partial charge in [-0.05, 0) is 55.2 Å². The summed E-state index contributed by atoms with van der Waals surface area (Å²) in [4.78, 5) is 0.0827. The van der Waals surface area contributed by atoms with Crippen LogP contribution in [-0.4, -0.2) is 36.2 Å². The van der Waals surface area contributed by atoms with Gasteiger partial charge in [0.25, 0.3) is 0 Å². The predicted molar refractivity (Wildman–Crippen MR) is 109 cm³/mol. The van der Waals surface area contributed by atoms with Crippen molar-refractivity contribution in [3.05, 3.63) is 53.6 Å². The lowest BCUT2D eigenvalue weighted by Crippen LogP contribution is -2.38. The van der Waals surface area contributed by atoms with Crippen molar-refractivity contribution in [2.75, 3.05) is 23.7 Å². The molecule has 152 valence electrons. The number of ether oxygens (including phenoxy) is 1. The number of rotatable bonds is 6. The number of nitrogens with one attached hydrogen (secondary N) is 1. The van der Waals surface area contributed by atoms with Gasteiger partial charge in [-0.1, -0.05) is 18.2 Å². The average Bonchev–Trinajstić information content (AvgIpc) is 2.67. The third-order valence-corrected chi connectivity index (χ3v) is 8.14. The smallest absolute Gasteiger partial charge is 0.241 e. The summed E-state index contributed by atoms with van der Waals surface area (Å²) < 4.78 is 59.4. The normalized spacial score (nSPS) is 16.7. The molecular weight excluding hydrogens is 400 g/mol. The summed E-state index contributed by atoms with van der Waals surface area (Å²) in [7, 11) is -5.65. The highest BCUT2D eigenvalue weighted by molar-refractivity contribution is 7.92. The van der Waals surface area contributed by atoms with Crippen LogP contribution >= 0.6 is 0 Å². The van der Waals surface area contributed by atoms with Crippen molar-refractivity contribution < 1.29 is 21.6 Å². The Balaban J connectivity index is 1.84. The number of hydrogen-bond acceptors (Lipinski definition) is 5. The number of sulfonamides is 2. The maximum atomic E-state index is 12.8. The molecule has 0 spiro atoms. The number of benzene rings is 2. The van der Waals surface area contributed by atoms with Gasteiger partial charge in [-0.3, -0.25) is 4.31 Å². The van der Waals surface area contributed by atoms with Crippen LogP contribution in [-0.2, 0) is 26.6 Å². The van der Waals surface area contributed by atoms with Crippen molar-refractivity contribution in [2.24, 2.45) is 0 Å². The first-order chi connectivity index (χ1) is 13.2. The van der Waals surface area contributed by atoms with Gasteiger partial charge in [-0.25, -0.2) is 21.6 Å². The van der Waals surface area contributed by atoms with Crippen LogP contribution in [0.2, 0.25) is 0 Å². The molecule has 2 aromatic carbocycles. The van der Waals surface area contributed by atoms with E-state index in [9.17, 15) is 16.8 Å². The van der Waals surface area contributed by atoms with E-state index in [1.807, 2.05) is 0 Å². The Labute approximate surface area is 166 Å². The lowest BCUT2D eigenvalue weighted by molar-refractivity contribution is 0.414. The summed E-state index contributed by atoms with van der Waals surface area (Å²) in [5.74, 6) is 0.775. The Hall–Kier alpha value is -2.10. The molecule has 0 bridgehead atoms. The van der Waals surface area contributed by atoms with E-state index in [1.165, 1.54) is 10.4 Å². The molecule has 0 atom stereocenters. The van der Waals surface area contributed by atoms with Gasteiger partial charge in [0.1, 0.15) is 5.75 Å². The van der Waals surface area contributed by atoms with Crippen molar-refractivity contribution in [3.63, 3.8) is 0 Å². The van der Waals surface area contributed by atoms with Crippen LogP contribution in [0.15, 0.2) is 47.4 Å². The van der Waals surface area contributed by atoms with E-state index >= 15 is 0 Å².